The standard InChI is InChI=1S/C18H22N2O/c1-13-11-16(7-6-10-21)12-14(2)18(13)20-15(3)17-8-4-5-9-19-17/h4-5,8-9,11-12,21H,6-7,10H2,1-3H3. The Morgan fingerprint density at radius 2 is 1.90 bits per heavy atom. The Bertz CT molecular complexity index is 610. The SMILES string of the molecule is CC(=Nc1c(C)cc(CCCO)cc1C)c1ccccn1. The van der Waals surface area contributed by atoms with Crippen molar-refractivity contribution in [2.75, 3.05) is 6.61 Å². The van der Waals surface area contributed by atoms with E-state index in [1.807, 2.05) is 25.1 Å². The molecule has 0 aliphatic heterocycles. The van der Waals surface area contributed by atoms with Crippen LogP contribution in [0.2, 0.25) is 0 Å². The number of nitrogens with zero attached hydrogens (tertiary/aromatic N) is 2. The van der Waals surface area contributed by atoms with Crippen molar-refractivity contribution in [3.05, 3.63) is 58.9 Å². The third-order valence-electron chi connectivity index (χ3n) is 3.49. The highest BCUT2D eigenvalue weighted by atomic mass is 16.2. The molecule has 1 aromatic heterocycles. The van der Waals surface area contributed by atoms with E-state index in [0.717, 1.165) is 29.9 Å². The minimum atomic E-state index is 0.233. The molecule has 3 nitrogen and oxygen atoms in total. The van der Waals surface area contributed by atoms with Crippen LogP contribution in [0.5, 0.6) is 0 Å². The van der Waals surface area contributed by atoms with Gasteiger partial charge in [-0.3, -0.25) is 9.98 Å². The minimum Gasteiger partial charge on any atom is -0.396 e. The summed E-state index contributed by atoms with van der Waals surface area (Å²) in [5.74, 6) is 0. The van der Waals surface area contributed by atoms with Crippen molar-refractivity contribution in [1.82, 2.24) is 4.98 Å². The average molecular weight is 282 g/mol. The number of aliphatic hydroxyl groups is 1. The third-order valence-corrected chi connectivity index (χ3v) is 3.49. The van der Waals surface area contributed by atoms with Gasteiger partial charge in [-0.2, -0.15) is 0 Å². The van der Waals surface area contributed by atoms with E-state index >= 15 is 0 Å². The van der Waals surface area contributed by atoms with Crippen LogP contribution in [-0.2, 0) is 6.42 Å². The summed E-state index contributed by atoms with van der Waals surface area (Å²) in [6.07, 6.45) is 3.49. The Balaban J connectivity index is 2.32. The molecule has 0 aliphatic rings. The highest BCUT2D eigenvalue weighted by Crippen LogP contribution is 2.26. The number of hydrogen-bond donors (Lipinski definition) is 1. The topological polar surface area (TPSA) is 45.5 Å². The lowest BCUT2D eigenvalue weighted by atomic mass is 10.0. The maximum absolute atomic E-state index is 8.94. The molecule has 0 amide bonds. The summed E-state index contributed by atoms with van der Waals surface area (Å²) in [4.78, 5) is 9.09. The van der Waals surface area contributed by atoms with E-state index in [-0.39, 0.29) is 6.61 Å². The van der Waals surface area contributed by atoms with E-state index in [9.17, 15) is 0 Å². The van der Waals surface area contributed by atoms with Gasteiger partial charge in [0.05, 0.1) is 17.1 Å². The molecule has 0 fully saturated rings. The molecule has 0 aliphatic carbocycles. The van der Waals surface area contributed by atoms with Crippen LogP contribution in [0.3, 0.4) is 0 Å². The summed E-state index contributed by atoms with van der Waals surface area (Å²) in [6.45, 7) is 6.39. The normalized spacial score (nSPS) is 11.7. The number of rotatable bonds is 5. The van der Waals surface area contributed by atoms with Crippen molar-refractivity contribution >= 4 is 11.4 Å². The zero-order valence-electron chi connectivity index (χ0n) is 12.9. The van der Waals surface area contributed by atoms with Crippen LogP contribution in [0.25, 0.3) is 0 Å². The molecular weight excluding hydrogens is 260 g/mol. The van der Waals surface area contributed by atoms with Crippen LogP contribution < -0.4 is 0 Å². The molecule has 0 saturated carbocycles. The second-order valence-corrected chi connectivity index (χ2v) is 5.32. The summed E-state index contributed by atoms with van der Waals surface area (Å²) >= 11 is 0. The molecule has 110 valence electrons. The molecule has 0 unspecified atom stereocenters. The fourth-order valence-electron chi connectivity index (χ4n) is 2.45. The molecule has 0 bridgehead atoms. The lowest BCUT2D eigenvalue weighted by Gasteiger charge is -2.10. The summed E-state index contributed by atoms with van der Waals surface area (Å²) in [6, 6.07) is 10.2. The fourth-order valence-corrected chi connectivity index (χ4v) is 2.45. The number of benzene rings is 1. The van der Waals surface area contributed by atoms with Gasteiger partial charge < -0.3 is 5.11 Å². The van der Waals surface area contributed by atoms with Crippen LogP contribution >= 0.6 is 0 Å². The van der Waals surface area contributed by atoms with Crippen molar-refractivity contribution < 1.29 is 5.11 Å². The lowest BCUT2D eigenvalue weighted by Crippen LogP contribution is -1.98. The Labute approximate surface area is 126 Å². The van der Waals surface area contributed by atoms with Gasteiger partial charge in [0.2, 0.25) is 0 Å². The largest absolute Gasteiger partial charge is 0.396 e. The monoisotopic (exact) mass is 282 g/mol. The third kappa shape index (κ3) is 3.99. The molecule has 0 saturated heterocycles. The second kappa shape index (κ2) is 7.14. The van der Waals surface area contributed by atoms with E-state index < -0.39 is 0 Å². The molecule has 2 rings (SSSR count). The van der Waals surface area contributed by atoms with Crippen molar-refractivity contribution in [3.63, 3.8) is 0 Å². The van der Waals surface area contributed by atoms with Crippen molar-refractivity contribution in [2.45, 2.75) is 33.6 Å². The van der Waals surface area contributed by atoms with Gasteiger partial charge in [-0.05, 0) is 62.4 Å². The zero-order valence-corrected chi connectivity index (χ0v) is 12.9. The quantitative estimate of drug-likeness (QED) is 0.849. The first-order valence-electron chi connectivity index (χ1n) is 7.29. The molecule has 21 heavy (non-hydrogen) atoms. The Morgan fingerprint density at radius 3 is 2.48 bits per heavy atom. The zero-order chi connectivity index (χ0) is 15.2. The molecule has 0 atom stereocenters. The van der Waals surface area contributed by atoms with Crippen molar-refractivity contribution in [3.8, 4) is 0 Å². The predicted octanol–water partition coefficient (Wildman–Crippen LogP) is 3.76. The average Bonchev–Trinajstić information content (AvgIpc) is 2.49. The van der Waals surface area contributed by atoms with Crippen molar-refractivity contribution in [1.29, 1.82) is 0 Å². The molecule has 2 aromatic rings. The van der Waals surface area contributed by atoms with Crippen LogP contribution in [-0.4, -0.2) is 22.4 Å². The molecule has 1 heterocycles. The van der Waals surface area contributed by atoms with E-state index in [1.165, 1.54) is 16.7 Å². The first-order valence-corrected chi connectivity index (χ1v) is 7.29. The maximum Gasteiger partial charge on any atom is 0.0841 e. The fraction of sp³-hybridized carbons (Fsp3) is 0.333. The Morgan fingerprint density at radius 1 is 1.19 bits per heavy atom. The van der Waals surface area contributed by atoms with Gasteiger partial charge in [-0.15, -0.1) is 0 Å². The Hall–Kier alpha value is -2.00. The van der Waals surface area contributed by atoms with Gasteiger partial charge >= 0.3 is 0 Å². The van der Waals surface area contributed by atoms with Gasteiger partial charge in [0.15, 0.2) is 0 Å². The summed E-state index contributed by atoms with van der Waals surface area (Å²) in [5.41, 5.74) is 6.43. The first-order chi connectivity index (χ1) is 10.1. The van der Waals surface area contributed by atoms with Crippen LogP contribution in [0.4, 0.5) is 5.69 Å². The van der Waals surface area contributed by atoms with Gasteiger partial charge in [0.1, 0.15) is 0 Å². The molecule has 3 heteroatoms. The number of aryl methyl sites for hydroxylation is 3. The smallest absolute Gasteiger partial charge is 0.0841 e. The Kier molecular flexibility index (Phi) is 5.23. The van der Waals surface area contributed by atoms with E-state index in [0.29, 0.717) is 0 Å². The number of aliphatic imine (C=N–C) groups is 1. The molecule has 1 N–H and O–H groups in total. The summed E-state index contributed by atoms with van der Waals surface area (Å²) in [5, 5.41) is 8.94. The second-order valence-electron chi connectivity index (χ2n) is 5.32. The van der Waals surface area contributed by atoms with Gasteiger partial charge in [-0.25, -0.2) is 0 Å². The molecule has 1 aromatic carbocycles. The number of hydrogen-bond acceptors (Lipinski definition) is 3. The van der Waals surface area contributed by atoms with Crippen LogP contribution in [0.1, 0.15) is 35.7 Å². The van der Waals surface area contributed by atoms with E-state index in [2.05, 4.69) is 31.0 Å². The number of aromatic nitrogens is 1. The van der Waals surface area contributed by atoms with Crippen LogP contribution in [0, 0.1) is 13.8 Å². The van der Waals surface area contributed by atoms with Crippen LogP contribution in [0.15, 0.2) is 41.5 Å². The van der Waals surface area contributed by atoms with E-state index in [4.69, 9.17) is 10.1 Å². The lowest BCUT2D eigenvalue weighted by molar-refractivity contribution is 0.288. The van der Waals surface area contributed by atoms with Gasteiger partial charge in [-0.1, -0.05) is 18.2 Å². The van der Waals surface area contributed by atoms with Crippen molar-refractivity contribution in [2.24, 2.45) is 4.99 Å². The summed E-state index contributed by atoms with van der Waals surface area (Å²) < 4.78 is 0. The van der Waals surface area contributed by atoms with Gasteiger partial charge in [0, 0.05) is 12.8 Å². The highest BCUT2D eigenvalue weighted by molar-refractivity contribution is 5.98. The van der Waals surface area contributed by atoms with E-state index in [1.54, 1.807) is 6.20 Å². The number of aliphatic hydroxyl groups excluding tert-OH is 1. The van der Waals surface area contributed by atoms with Gasteiger partial charge in [0.25, 0.3) is 0 Å². The maximum atomic E-state index is 8.94. The predicted molar refractivity (Wildman–Crippen MR) is 87.4 cm³/mol. The number of pyridine rings is 1. The first kappa shape index (κ1) is 15.4. The molecule has 0 spiro atoms. The highest BCUT2D eigenvalue weighted by Gasteiger charge is 2.06. The molecule has 0 radical (unpaired) electrons. The summed E-state index contributed by atoms with van der Waals surface area (Å²) in [7, 11) is 0. The minimum absolute atomic E-state index is 0.233. The molecular formula is C18H22N2O.